The fraction of sp³-hybridized carbons (Fsp3) is 0.667. The molecule has 0 heterocycles. The van der Waals surface area contributed by atoms with Crippen LogP contribution in [0.4, 0.5) is 0 Å². The molecule has 20 heavy (non-hydrogen) atoms. The first-order chi connectivity index (χ1) is 9.45. The monoisotopic (exact) mass is 274 g/mol. The van der Waals surface area contributed by atoms with Crippen molar-refractivity contribution < 1.29 is 0 Å². The molecule has 1 aromatic rings. The molecule has 1 fully saturated rings. The summed E-state index contributed by atoms with van der Waals surface area (Å²) >= 11 is 0. The van der Waals surface area contributed by atoms with Crippen LogP contribution in [0.2, 0.25) is 0 Å². The van der Waals surface area contributed by atoms with E-state index < -0.39 is 0 Å². The van der Waals surface area contributed by atoms with Crippen molar-refractivity contribution in [2.24, 2.45) is 11.7 Å². The Balaban J connectivity index is 1.97. The predicted octanol–water partition coefficient (Wildman–Crippen LogP) is 3.81. The van der Waals surface area contributed by atoms with Crippen molar-refractivity contribution in [3.05, 3.63) is 34.9 Å². The first-order valence-electron chi connectivity index (χ1n) is 7.99. The summed E-state index contributed by atoms with van der Waals surface area (Å²) in [7, 11) is 2.24. The van der Waals surface area contributed by atoms with E-state index in [1.165, 1.54) is 42.4 Å². The third kappa shape index (κ3) is 4.07. The smallest absolute Gasteiger partial charge is 0.0424 e. The molecule has 1 aliphatic rings. The van der Waals surface area contributed by atoms with Crippen LogP contribution in [0.25, 0.3) is 0 Å². The molecule has 3 atom stereocenters. The Labute approximate surface area is 124 Å². The van der Waals surface area contributed by atoms with Crippen LogP contribution in [0.3, 0.4) is 0 Å². The molecule has 0 aliphatic heterocycles. The molecule has 0 bridgehead atoms. The standard InChI is InChI=1S/C18H30N2/c1-13-6-5-7-17(11-13)20(4)12-18(19)16-9-14(2)8-15(3)10-16/h8-10,13,17-18H,5-7,11-12,19H2,1-4H3. The zero-order chi connectivity index (χ0) is 14.7. The van der Waals surface area contributed by atoms with Gasteiger partial charge in [-0.25, -0.2) is 0 Å². The molecule has 2 heteroatoms. The highest BCUT2D eigenvalue weighted by Crippen LogP contribution is 2.27. The van der Waals surface area contributed by atoms with E-state index >= 15 is 0 Å². The summed E-state index contributed by atoms with van der Waals surface area (Å²) in [4.78, 5) is 2.48. The van der Waals surface area contributed by atoms with Crippen molar-refractivity contribution in [3.8, 4) is 0 Å². The van der Waals surface area contributed by atoms with Gasteiger partial charge in [-0.05, 0) is 45.2 Å². The van der Waals surface area contributed by atoms with E-state index in [1.54, 1.807) is 0 Å². The molecule has 0 spiro atoms. The first-order valence-corrected chi connectivity index (χ1v) is 7.99. The van der Waals surface area contributed by atoms with Gasteiger partial charge in [0.25, 0.3) is 0 Å². The molecule has 0 radical (unpaired) electrons. The van der Waals surface area contributed by atoms with E-state index in [4.69, 9.17) is 5.73 Å². The molecule has 2 nitrogen and oxygen atoms in total. The van der Waals surface area contributed by atoms with Crippen molar-refractivity contribution >= 4 is 0 Å². The number of likely N-dealkylation sites (N-methyl/N-ethyl adjacent to an activating group) is 1. The van der Waals surface area contributed by atoms with Crippen molar-refractivity contribution in [2.45, 2.75) is 58.5 Å². The Kier molecular flexibility index (Phi) is 5.22. The predicted molar refractivity (Wildman–Crippen MR) is 86.9 cm³/mol. The minimum atomic E-state index is 0.121. The zero-order valence-corrected chi connectivity index (χ0v) is 13.5. The van der Waals surface area contributed by atoms with E-state index in [0.717, 1.165) is 18.5 Å². The van der Waals surface area contributed by atoms with Gasteiger partial charge in [0.1, 0.15) is 0 Å². The Bertz CT molecular complexity index is 421. The average Bonchev–Trinajstić information content (AvgIpc) is 2.37. The Morgan fingerprint density at radius 1 is 1.20 bits per heavy atom. The molecule has 3 unspecified atom stereocenters. The summed E-state index contributed by atoms with van der Waals surface area (Å²) in [5.41, 5.74) is 10.3. The fourth-order valence-corrected chi connectivity index (χ4v) is 3.59. The van der Waals surface area contributed by atoms with E-state index in [1.807, 2.05) is 0 Å². The maximum Gasteiger partial charge on any atom is 0.0424 e. The number of nitrogens with zero attached hydrogens (tertiary/aromatic N) is 1. The van der Waals surface area contributed by atoms with Gasteiger partial charge in [-0.1, -0.05) is 49.1 Å². The summed E-state index contributed by atoms with van der Waals surface area (Å²) in [6, 6.07) is 7.51. The number of rotatable bonds is 4. The summed E-state index contributed by atoms with van der Waals surface area (Å²) in [6.07, 6.45) is 5.43. The number of hydrogen-bond donors (Lipinski definition) is 1. The highest BCUT2D eigenvalue weighted by molar-refractivity contribution is 5.30. The third-order valence-corrected chi connectivity index (χ3v) is 4.69. The molecule has 0 aromatic heterocycles. The van der Waals surface area contributed by atoms with Gasteiger partial charge in [-0.15, -0.1) is 0 Å². The van der Waals surface area contributed by atoms with Gasteiger partial charge in [0, 0.05) is 18.6 Å². The normalized spacial score (nSPS) is 24.9. The zero-order valence-electron chi connectivity index (χ0n) is 13.5. The lowest BCUT2D eigenvalue weighted by atomic mass is 9.86. The largest absolute Gasteiger partial charge is 0.323 e. The lowest BCUT2D eigenvalue weighted by Gasteiger charge is -2.35. The Morgan fingerprint density at radius 3 is 2.45 bits per heavy atom. The van der Waals surface area contributed by atoms with Gasteiger partial charge >= 0.3 is 0 Å². The quantitative estimate of drug-likeness (QED) is 0.904. The van der Waals surface area contributed by atoms with Gasteiger partial charge in [0.2, 0.25) is 0 Å². The summed E-state index contributed by atoms with van der Waals surface area (Å²) in [5.74, 6) is 0.869. The summed E-state index contributed by atoms with van der Waals surface area (Å²) in [5, 5.41) is 0. The third-order valence-electron chi connectivity index (χ3n) is 4.69. The second-order valence-electron chi connectivity index (χ2n) is 6.89. The van der Waals surface area contributed by atoms with Crippen LogP contribution < -0.4 is 5.73 Å². The molecule has 1 saturated carbocycles. The number of benzene rings is 1. The molecule has 1 aromatic carbocycles. The minimum Gasteiger partial charge on any atom is -0.323 e. The maximum absolute atomic E-state index is 6.43. The van der Waals surface area contributed by atoms with Crippen LogP contribution in [-0.4, -0.2) is 24.5 Å². The van der Waals surface area contributed by atoms with Crippen LogP contribution >= 0.6 is 0 Å². The van der Waals surface area contributed by atoms with Crippen LogP contribution in [0, 0.1) is 19.8 Å². The molecule has 112 valence electrons. The molecule has 1 aliphatic carbocycles. The van der Waals surface area contributed by atoms with Crippen molar-refractivity contribution in [3.63, 3.8) is 0 Å². The Morgan fingerprint density at radius 2 is 1.85 bits per heavy atom. The van der Waals surface area contributed by atoms with Crippen molar-refractivity contribution in [2.75, 3.05) is 13.6 Å². The van der Waals surface area contributed by atoms with Gasteiger partial charge < -0.3 is 10.6 Å². The van der Waals surface area contributed by atoms with Gasteiger partial charge in [0.05, 0.1) is 0 Å². The topological polar surface area (TPSA) is 29.3 Å². The highest BCUT2D eigenvalue weighted by atomic mass is 15.1. The summed E-state index contributed by atoms with van der Waals surface area (Å²) < 4.78 is 0. The van der Waals surface area contributed by atoms with Crippen LogP contribution in [0.1, 0.15) is 55.3 Å². The molecule has 2 N–H and O–H groups in total. The van der Waals surface area contributed by atoms with Crippen molar-refractivity contribution in [1.29, 1.82) is 0 Å². The van der Waals surface area contributed by atoms with E-state index in [9.17, 15) is 0 Å². The molecule has 0 saturated heterocycles. The summed E-state index contributed by atoms with van der Waals surface area (Å²) in [6.45, 7) is 7.63. The molecular formula is C18H30N2. The van der Waals surface area contributed by atoms with Crippen LogP contribution in [-0.2, 0) is 0 Å². The van der Waals surface area contributed by atoms with Crippen LogP contribution in [0.15, 0.2) is 18.2 Å². The molecule has 0 amide bonds. The first kappa shape index (κ1) is 15.5. The van der Waals surface area contributed by atoms with Crippen molar-refractivity contribution in [1.82, 2.24) is 4.90 Å². The maximum atomic E-state index is 6.43. The van der Waals surface area contributed by atoms with Crippen LogP contribution in [0.5, 0.6) is 0 Å². The van der Waals surface area contributed by atoms with E-state index in [2.05, 4.69) is 50.9 Å². The SMILES string of the molecule is Cc1cc(C)cc(C(N)CN(C)C2CCCC(C)C2)c1. The molecular weight excluding hydrogens is 244 g/mol. The Hall–Kier alpha value is -0.860. The van der Waals surface area contributed by atoms with Gasteiger partial charge in [0.15, 0.2) is 0 Å². The van der Waals surface area contributed by atoms with Gasteiger partial charge in [-0.2, -0.15) is 0 Å². The van der Waals surface area contributed by atoms with E-state index in [-0.39, 0.29) is 6.04 Å². The second-order valence-corrected chi connectivity index (χ2v) is 6.89. The lowest BCUT2D eigenvalue weighted by molar-refractivity contribution is 0.157. The highest BCUT2D eigenvalue weighted by Gasteiger charge is 2.23. The fourth-order valence-electron chi connectivity index (χ4n) is 3.59. The second kappa shape index (κ2) is 6.73. The average molecular weight is 274 g/mol. The minimum absolute atomic E-state index is 0.121. The molecule has 2 rings (SSSR count). The van der Waals surface area contributed by atoms with E-state index in [0.29, 0.717) is 0 Å². The lowest BCUT2D eigenvalue weighted by Crippen LogP contribution is -2.39. The number of aryl methyl sites for hydroxylation is 2. The number of nitrogens with two attached hydrogens (primary N) is 1. The number of hydrogen-bond acceptors (Lipinski definition) is 2. The van der Waals surface area contributed by atoms with Gasteiger partial charge in [-0.3, -0.25) is 0 Å².